The standard InChI is InChI=1S/C16H20NO.CHF3O3S/c1-17(2,15-7-5-4-6-8-15)13-14-9-11-16(18-3)12-10-14;2-1(3,4)8(5,6)7/h4-12H,13H2,1-3H3;(H,5,6,7)/q+1;/p-1. The molecular weight excluding hydrogens is 371 g/mol. The first-order chi connectivity index (χ1) is 11.9. The highest BCUT2D eigenvalue weighted by Crippen LogP contribution is 2.22. The van der Waals surface area contributed by atoms with E-state index in [0.717, 1.165) is 16.8 Å². The molecule has 0 unspecified atom stereocenters. The van der Waals surface area contributed by atoms with E-state index in [2.05, 4.69) is 56.6 Å². The van der Waals surface area contributed by atoms with E-state index < -0.39 is 15.6 Å². The first-order valence-corrected chi connectivity index (χ1v) is 8.81. The number of hydrogen-bond acceptors (Lipinski definition) is 4. The zero-order valence-corrected chi connectivity index (χ0v) is 15.3. The molecule has 2 aromatic carbocycles. The van der Waals surface area contributed by atoms with Gasteiger partial charge in [0.1, 0.15) is 18.0 Å². The highest BCUT2D eigenvalue weighted by Gasteiger charge is 2.36. The second-order valence-corrected chi connectivity index (χ2v) is 7.30. The lowest BCUT2D eigenvalue weighted by Gasteiger charge is -2.29. The van der Waals surface area contributed by atoms with E-state index >= 15 is 0 Å². The van der Waals surface area contributed by atoms with Crippen LogP contribution < -0.4 is 9.22 Å². The number of para-hydroxylation sites is 1. The Morgan fingerprint density at radius 2 is 1.46 bits per heavy atom. The number of halogens is 3. The summed E-state index contributed by atoms with van der Waals surface area (Å²) in [4.78, 5) is 0. The van der Waals surface area contributed by atoms with Crippen molar-refractivity contribution in [3.63, 3.8) is 0 Å². The van der Waals surface area contributed by atoms with Gasteiger partial charge in [-0.2, -0.15) is 13.2 Å². The Kier molecular flexibility index (Phi) is 7.19. The normalized spacial score (nSPS) is 12.1. The van der Waals surface area contributed by atoms with Crippen molar-refractivity contribution in [2.24, 2.45) is 0 Å². The lowest BCUT2D eigenvalue weighted by atomic mass is 10.1. The number of benzene rings is 2. The molecule has 5 nitrogen and oxygen atoms in total. The molecule has 26 heavy (non-hydrogen) atoms. The molecule has 2 rings (SSSR count). The number of quaternary nitrogens is 1. The Morgan fingerprint density at radius 3 is 1.85 bits per heavy atom. The second-order valence-electron chi connectivity index (χ2n) is 5.93. The minimum atomic E-state index is -6.09. The fraction of sp³-hybridized carbons (Fsp3) is 0.294. The van der Waals surface area contributed by atoms with E-state index in [1.807, 2.05) is 12.1 Å². The number of nitrogens with zero attached hydrogens (tertiary/aromatic N) is 1. The monoisotopic (exact) mass is 391 g/mol. The number of hydrogen-bond donors (Lipinski definition) is 0. The molecule has 0 aliphatic carbocycles. The summed E-state index contributed by atoms with van der Waals surface area (Å²) in [6, 6.07) is 18.8. The molecule has 2 aromatic rings. The molecule has 0 saturated heterocycles. The summed E-state index contributed by atoms with van der Waals surface area (Å²) in [5.74, 6) is 0.906. The molecule has 0 saturated carbocycles. The van der Waals surface area contributed by atoms with Gasteiger partial charge in [0, 0.05) is 5.56 Å². The zero-order chi connectivity index (χ0) is 20.0. The summed E-state index contributed by atoms with van der Waals surface area (Å²) in [5, 5.41) is 0. The first kappa shape index (κ1) is 21.9. The summed E-state index contributed by atoms with van der Waals surface area (Å²) in [7, 11) is 0.0467. The molecule has 0 heterocycles. The second kappa shape index (κ2) is 8.52. The van der Waals surface area contributed by atoms with Gasteiger partial charge in [-0.1, -0.05) is 18.2 Å². The smallest absolute Gasteiger partial charge is 0.485 e. The average Bonchev–Trinajstić information content (AvgIpc) is 2.55. The number of methoxy groups -OCH3 is 1. The minimum absolute atomic E-state index is 0.840. The molecule has 0 spiro atoms. The number of ether oxygens (including phenoxy) is 1. The third-order valence-corrected chi connectivity index (χ3v) is 4.04. The Morgan fingerprint density at radius 1 is 1.00 bits per heavy atom. The van der Waals surface area contributed by atoms with E-state index in [4.69, 9.17) is 17.7 Å². The van der Waals surface area contributed by atoms with Gasteiger partial charge in [-0.15, -0.1) is 0 Å². The third-order valence-electron chi connectivity index (χ3n) is 3.48. The van der Waals surface area contributed by atoms with Crippen molar-refractivity contribution in [2.75, 3.05) is 21.2 Å². The van der Waals surface area contributed by atoms with Gasteiger partial charge in [0.25, 0.3) is 0 Å². The molecule has 144 valence electrons. The molecule has 0 N–H and O–H groups in total. The third kappa shape index (κ3) is 6.66. The fourth-order valence-electron chi connectivity index (χ4n) is 2.11. The van der Waals surface area contributed by atoms with Crippen LogP contribution in [-0.2, 0) is 16.7 Å². The van der Waals surface area contributed by atoms with Crippen LogP contribution in [0.2, 0.25) is 0 Å². The Hall–Kier alpha value is -2.10. The van der Waals surface area contributed by atoms with Crippen molar-refractivity contribution in [1.29, 1.82) is 0 Å². The van der Waals surface area contributed by atoms with Crippen LogP contribution >= 0.6 is 0 Å². The molecule has 0 radical (unpaired) electrons. The molecule has 0 bridgehead atoms. The fourth-order valence-corrected chi connectivity index (χ4v) is 2.11. The van der Waals surface area contributed by atoms with Crippen LogP contribution in [0.4, 0.5) is 18.9 Å². The molecule has 9 heteroatoms. The number of rotatable bonds is 4. The average molecular weight is 391 g/mol. The van der Waals surface area contributed by atoms with Crippen LogP contribution in [0.15, 0.2) is 54.6 Å². The first-order valence-electron chi connectivity index (χ1n) is 7.40. The minimum Gasteiger partial charge on any atom is -0.741 e. The molecule has 0 fully saturated rings. The van der Waals surface area contributed by atoms with Gasteiger partial charge in [0.15, 0.2) is 10.1 Å². The zero-order valence-electron chi connectivity index (χ0n) is 14.5. The van der Waals surface area contributed by atoms with Crippen molar-refractivity contribution in [3.8, 4) is 5.75 Å². The topological polar surface area (TPSA) is 66.4 Å². The summed E-state index contributed by atoms with van der Waals surface area (Å²) < 4.78 is 64.9. The summed E-state index contributed by atoms with van der Waals surface area (Å²) in [5.41, 5.74) is -3.02. The van der Waals surface area contributed by atoms with Crippen LogP contribution in [0.25, 0.3) is 0 Å². The largest absolute Gasteiger partial charge is 0.741 e. The Bertz CT molecular complexity index is 789. The Balaban J connectivity index is 0.000000359. The van der Waals surface area contributed by atoms with Gasteiger partial charge >= 0.3 is 5.51 Å². The van der Waals surface area contributed by atoms with Gasteiger partial charge in [0.2, 0.25) is 0 Å². The lowest BCUT2D eigenvalue weighted by molar-refractivity contribution is -0.0517. The molecule has 0 aromatic heterocycles. The van der Waals surface area contributed by atoms with Crippen LogP contribution in [0.1, 0.15) is 5.56 Å². The Labute approximate surface area is 151 Å². The van der Waals surface area contributed by atoms with Crippen molar-refractivity contribution in [2.45, 2.75) is 12.1 Å². The van der Waals surface area contributed by atoms with E-state index in [1.165, 1.54) is 11.3 Å². The predicted molar refractivity (Wildman–Crippen MR) is 92.5 cm³/mol. The molecule has 0 atom stereocenters. The van der Waals surface area contributed by atoms with E-state index in [-0.39, 0.29) is 0 Å². The van der Waals surface area contributed by atoms with Gasteiger partial charge in [-0.3, -0.25) is 4.48 Å². The van der Waals surface area contributed by atoms with Gasteiger partial charge in [-0.05, 0) is 36.4 Å². The maximum Gasteiger partial charge on any atom is 0.485 e. The van der Waals surface area contributed by atoms with Crippen LogP contribution in [0.5, 0.6) is 5.75 Å². The maximum atomic E-state index is 10.7. The van der Waals surface area contributed by atoms with Crippen molar-refractivity contribution in [3.05, 3.63) is 60.2 Å². The highest BCUT2D eigenvalue weighted by molar-refractivity contribution is 7.86. The van der Waals surface area contributed by atoms with E-state index in [0.29, 0.717) is 0 Å². The summed E-state index contributed by atoms with van der Waals surface area (Å²) in [6.07, 6.45) is 0. The molecule has 0 aliphatic heterocycles. The van der Waals surface area contributed by atoms with Crippen LogP contribution in [-0.4, -0.2) is 39.7 Å². The summed E-state index contributed by atoms with van der Waals surface area (Å²) in [6.45, 7) is 0.966. The lowest BCUT2D eigenvalue weighted by Crippen LogP contribution is -2.39. The SMILES string of the molecule is COc1ccc(C[N+](C)(C)c2ccccc2)cc1.O=S(=O)([O-])C(F)(F)F. The number of alkyl halides is 3. The van der Waals surface area contributed by atoms with Gasteiger partial charge < -0.3 is 9.29 Å². The van der Waals surface area contributed by atoms with Crippen molar-refractivity contribution < 1.29 is 30.9 Å². The quantitative estimate of drug-likeness (QED) is 0.454. The molecular formula is C17H20F3NO4S. The summed E-state index contributed by atoms with van der Waals surface area (Å²) >= 11 is 0. The molecule has 0 aliphatic rings. The molecule has 0 amide bonds. The van der Waals surface area contributed by atoms with Crippen molar-refractivity contribution >= 4 is 15.8 Å². The van der Waals surface area contributed by atoms with Gasteiger partial charge in [0.05, 0.1) is 21.2 Å². The van der Waals surface area contributed by atoms with E-state index in [1.54, 1.807) is 7.11 Å². The van der Waals surface area contributed by atoms with Gasteiger partial charge in [-0.25, -0.2) is 8.42 Å². The predicted octanol–water partition coefficient (Wildman–Crippen LogP) is 3.51. The van der Waals surface area contributed by atoms with Crippen LogP contribution in [0.3, 0.4) is 0 Å². The van der Waals surface area contributed by atoms with E-state index in [9.17, 15) is 13.2 Å². The van der Waals surface area contributed by atoms with Crippen molar-refractivity contribution in [1.82, 2.24) is 4.48 Å². The highest BCUT2D eigenvalue weighted by atomic mass is 32.2. The van der Waals surface area contributed by atoms with Crippen LogP contribution in [0, 0.1) is 0 Å². The maximum absolute atomic E-state index is 10.7.